The molecule has 0 amide bonds. The minimum absolute atomic E-state index is 0.0574. The molecule has 2 fully saturated rings. The Bertz CT molecular complexity index is 1260. The number of aromatic hydroxyl groups is 1. The molecule has 0 radical (unpaired) electrons. The number of likely N-dealkylation sites (tertiary alicyclic amines) is 1. The maximum atomic E-state index is 13.1. The number of aliphatic hydroxyl groups is 1. The van der Waals surface area contributed by atoms with Crippen LogP contribution in [0.15, 0.2) is 55.1 Å². The van der Waals surface area contributed by atoms with Crippen LogP contribution in [0.4, 0.5) is 13.2 Å². The Morgan fingerprint density at radius 1 is 1.23 bits per heavy atom. The first kappa shape index (κ1) is 27.7. The molecule has 2 aliphatic carbocycles. The molecule has 2 bridgehead atoms. The number of fused-ring (bicyclic) bond motifs is 1. The number of nitrogens with zero attached hydrogens (tertiary/aromatic N) is 2. The quantitative estimate of drug-likeness (QED) is 0.459. The van der Waals surface area contributed by atoms with Crippen molar-refractivity contribution in [1.82, 2.24) is 9.80 Å². The van der Waals surface area contributed by atoms with Crippen LogP contribution < -0.4 is 4.74 Å². The zero-order chi connectivity index (χ0) is 28.0. The normalized spacial score (nSPS) is 28.8. The summed E-state index contributed by atoms with van der Waals surface area (Å²) in [6, 6.07) is 9.05. The summed E-state index contributed by atoms with van der Waals surface area (Å²) in [6.07, 6.45) is 4.64. The van der Waals surface area contributed by atoms with Crippen molar-refractivity contribution in [3.63, 3.8) is 0 Å². The van der Waals surface area contributed by atoms with Gasteiger partial charge in [-0.25, -0.2) is 0 Å². The van der Waals surface area contributed by atoms with Crippen molar-refractivity contribution in [1.29, 1.82) is 0 Å². The molecule has 1 saturated heterocycles. The highest BCUT2D eigenvalue weighted by atomic mass is 19.4. The highest BCUT2D eigenvalue weighted by molar-refractivity contribution is 5.58. The molecule has 1 saturated carbocycles. The lowest BCUT2D eigenvalue weighted by Gasteiger charge is -2.65. The van der Waals surface area contributed by atoms with Gasteiger partial charge in [0.1, 0.15) is 0 Å². The molecule has 210 valence electrons. The van der Waals surface area contributed by atoms with E-state index in [1.807, 2.05) is 25.3 Å². The molecule has 8 heteroatoms. The van der Waals surface area contributed by atoms with Crippen LogP contribution in [-0.4, -0.2) is 71.5 Å². The van der Waals surface area contributed by atoms with Gasteiger partial charge in [-0.15, -0.1) is 6.58 Å². The van der Waals surface area contributed by atoms with Gasteiger partial charge in [-0.05, 0) is 75.0 Å². The van der Waals surface area contributed by atoms with Crippen molar-refractivity contribution in [2.45, 2.75) is 61.4 Å². The number of phenolic OH excluding ortho intramolecular Hbond substituents is 1. The van der Waals surface area contributed by atoms with Gasteiger partial charge >= 0.3 is 6.18 Å². The summed E-state index contributed by atoms with van der Waals surface area (Å²) in [4.78, 5) is 4.54. The summed E-state index contributed by atoms with van der Waals surface area (Å²) in [5.41, 5.74) is 0.311. The number of methoxy groups -OCH3 is 1. The van der Waals surface area contributed by atoms with Crippen molar-refractivity contribution in [2.24, 2.45) is 0 Å². The third-order valence-corrected chi connectivity index (χ3v) is 9.31. The number of hydrogen-bond donors (Lipinski definition) is 2. The molecule has 0 spiro atoms. The number of rotatable bonds is 7. The van der Waals surface area contributed by atoms with Crippen molar-refractivity contribution >= 4 is 6.08 Å². The van der Waals surface area contributed by atoms with Gasteiger partial charge in [-0.3, -0.25) is 9.80 Å². The molecule has 2 N–H and O–H groups in total. The number of alkyl halides is 3. The van der Waals surface area contributed by atoms with Crippen molar-refractivity contribution in [3.8, 4) is 11.5 Å². The molecular weight excluding hydrogens is 505 g/mol. The van der Waals surface area contributed by atoms with Gasteiger partial charge < -0.3 is 14.9 Å². The van der Waals surface area contributed by atoms with E-state index in [1.54, 1.807) is 25.3 Å². The molecule has 5 nitrogen and oxygen atoms in total. The lowest BCUT2D eigenvalue weighted by Crippen LogP contribution is -2.74. The Morgan fingerprint density at radius 3 is 2.74 bits per heavy atom. The lowest BCUT2D eigenvalue weighted by atomic mass is 9.48. The van der Waals surface area contributed by atoms with Gasteiger partial charge in [-0.1, -0.05) is 36.4 Å². The summed E-state index contributed by atoms with van der Waals surface area (Å²) >= 11 is 0. The fourth-order valence-electron chi connectivity index (χ4n) is 7.45. The predicted octanol–water partition coefficient (Wildman–Crippen LogP) is 5.40. The smallest absolute Gasteiger partial charge is 0.416 e. The zero-order valence-corrected chi connectivity index (χ0v) is 22.5. The summed E-state index contributed by atoms with van der Waals surface area (Å²) in [7, 11) is 3.59. The minimum Gasteiger partial charge on any atom is -0.504 e. The van der Waals surface area contributed by atoms with Crippen molar-refractivity contribution in [2.75, 3.05) is 33.8 Å². The molecule has 5 rings (SSSR count). The summed E-state index contributed by atoms with van der Waals surface area (Å²) < 4.78 is 45.0. The van der Waals surface area contributed by atoms with E-state index in [0.717, 1.165) is 42.6 Å². The average Bonchev–Trinajstić information content (AvgIpc) is 2.90. The van der Waals surface area contributed by atoms with Crippen LogP contribution in [0.1, 0.15) is 47.9 Å². The standard InChI is InChI=1S/C31H37F3N2O3/c1-4-15-36-17-14-29-20-24(35(2)16-6-8-21-7-5-9-23(18-21)31(32,33)34)12-13-30(29,38)26(36)19-22-10-11-25(37)28(39-3)27(22)29/h4-11,18,24,26,37-38H,1,12-17,19-20H2,2-3H3/b8-6+/t24?,26-,29-,30-/m1/s1. The lowest BCUT2D eigenvalue weighted by molar-refractivity contribution is -0.173. The molecule has 39 heavy (non-hydrogen) atoms. The number of likely N-dealkylation sites (N-methyl/N-ethyl adjacent to an activating group) is 1. The van der Waals surface area contributed by atoms with Crippen molar-refractivity contribution in [3.05, 3.63) is 77.4 Å². The van der Waals surface area contributed by atoms with E-state index in [-0.39, 0.29) is 17.8 Å². The Hall–Kier alpha value is -2.81. The number of ether oxygens (including phenoxy) is 1. The predicted molar refractivity (Wildman–Crippen MR) is 146 cm³/mol. The molecule has 2 aromatic rings. The van der Waals surface area contributed by atoms with E-state index >= 15 is 0 Å². The number of phenols is 1. The highest BCUT2D eigenvalue weighted by Crippen LogP contribution is 2.61. The second kappa shape index (κ2) is 10.3. The van der Waals surface area contributed by atoms with Crippen molar-refractivity contribution < 1.29 is 28.1 Å². The Kier molecular flexibility index (Phi) is 7.33. The summed E-state index contributed by atoms with van der Waals surface area (Å²) in [5.74, 6) is 0.536. The minimum atomic E-state index is -4.37. The first-order valence-electron chi connectivity index (χ1n) is 13.5. The third-order valence-electron chi connectivity index (χ3n) is 9.31. The molecule has 3 aliphatic rings. The summed E-state index contributed by atoms with van der Waals surface area (Å²) in [5, 5.41) is 23.2. The van der Waals surface area contributed by atoms with Gasteiger partial charge in [0.2, 0.25) is 0 Å². The van der Waals surface area contributed by atoms with Gasteiger partial charge in [0.05, 0.1) is 18.3 Å². The van der Waals surface area contributed by atoms with Gasteiger partial charge in [0.25, 0.3) is 0 Å². The van der Waals surface area contributed by atoms with Crippen LogP contribution in [0, 0.1) is 0 Å². The monoisotopic (exact) mass is 542 g/mol. The number of benzene rings is 2. The maximum absolute atomic E-state index is 13.1. The SMILES string of the molecule is C=CCN1CC[C@]23CC(N(C)C/C=C/c4cccc(C(F)(F)F)c4)CC[C@@]2(O)[C@H]1Cc1ccc(O)c(OC)c13. The topological polar surface area (TPSA) is 56.2 Å². The Balaban J connectivity index is 1.43. The molecule has 1 unspecified atom stereocenters. The molecule has 2 aromatic carbocycles. The van der Waals surface area contributed by atoms with Gasteiger partial charge in [-0.2, -0.15) is 13.2 Å². The van der Waals surface area contributed by atoms with E-state index < -0.39 is 22.8 Å². The molecule has 1 heterocycles. The summed E-state index contributed by atoms with van der Waals surface area (Å²) in [6.45, 7) is 6.00. The largest absolute Gasteiger partial charge is 0.504 e. The first-order chi connectivity index (χ1) is 18.5. The van der Waals surface area contributed by atoms with E-state index in [1.165, 1.54) is 6.07 Å². The molecule has 1 aliphatic heterocycles. The van der Waals surface area contributed by atoms with E-state index in [0.29, 0.717) is 43.7 Å². The van der Waals surface area contributed by atoms with Crippen LogP contribution in [0.2, 0.25) is 0 Å². The maximum Gasteiger partial charge on any atom is 0.416 e. The Morgan fingerprint density at radius 2 is 2.03 bits per heavy atom. The number of hydrogen-bond acceptors (Lipinski definition) is 5. The van der Waals surface area contributed by atoms with Crippen LogP contribution in [0.25, 0.3) is 6.08 Å². The van der Waals surface area contributed by atoms with Crippen LogP contribution in [0.5, 0.6) is 11.5 Å². The number of halogens is 3. The fraction of sp³-hybridized carbons (Fsp3) is 0.484. The first-order valence-corrected chi connectivity index (χ1v) is 13.5. The zero-order valence-electron chi connectivity index (χ0n) is 22.5. The van der Waals surface area contributed by atoms with Crippen LogP contribution in [-0.2, 0) is 18.0 Å². The second-order valence-electron chi connectivity index (χ2n) is 11.3. The van der Waals surface area contributed by atoms with Gasteiger partial charge in [0.15, 0.2) is 11.5 Å². The van der Waals surface area contributed by atoms with Crippen LogP contribution in [0.3, 0.4) is 0 Å². The van der Waals surface area contributed by atoms with Crippen LogP contribution >= 0.6 is 0 Å². The Labute approximate surface area is 228 Å². The van der Waals surface area contributed by atoms with E-state index in [9.17, 15) is 23.4 Å². The average molecular weight is 543 g/mol. The third kappa shape index (κ3) is 4.66. The molecule has 4 atom stereocenters. The molecular formula is C31H37F3N2O3. The fourth-order valence-corrected chi connectivity index (χ4v) is 7.45. The second-order valence-corrected chi connectivity index (χ2v) is 11.3. The van der Waals surface area contributed by atoms with E-state index in [4.69, 9.17) is 4.74 Å². The van der Waals surface area contributed by atoms with E-state index in [2.05, 4.69) is 16.4 Å². The number of piperidine rings is 1. The highest BCUT2D eigenvalue weighted by Gasteiger charge is 2.65. The molecule has 0 aromatic heterocycles. The van der Waals surface area contributed by atoms with Gasteiger partial charge in [0, 0.05) is 36.2 Å².